The predicted molar refractivity (Wildman–Crippen MR) is 110 cm³/mol. The quantitative estimate of drug-likeness (QED) is 0.191. The summed E-state index contributed by atoms with van der Waals surface area (Å²) in [4.78, 5) is 11.8. The Bertz CT molecular complexity index is 523. The maximum atomic E-state index is 11.8. The number of benzene rings is 1. The van der Waals surface area contributed by atoms with Gasteiger partial charge >= 0.3 is 0 Å². The van der Waals surface area contributed by atoms with Crippen LogP contribution >= 0.6 is 0 Å². The summed E-state index contributed by atoms with van der Waals surface area (Å²) >= 11 is 0. The Kier molecular flexibility index (Phi) is 12.8. The van der Waals surface area contributed by atoms with E-state index in [2.05, 4.69) is 24.0 Å². The van der Waals surface area contributed by atoms with E-state index in [4.69, 9.17) is 4.74 Å². The summed E-state index contributed by atoms with van der Waals surface area (Å²) in [6.07, 6.45) is 15.2. The molecular formula is C22H34N2O2. The van der Waals surface area contributed by atoms with Crippen molar-refractivity contribution in [1.29, 1.82) is 0 Å². The first-order chi connectivity index (χ1) is 12.8. The third-order valence-electron chi connectivity index (χ3n) is 4.16. The van der Waals surface area contributed by atoms with Gasteiger partial charge in [-0.1, -0.05) is 70.9 Å². The molecule has 0 saturated carbocycles. The van der Waals surface area contributed by atoms with Gasteiger partial charge in [0.1, 0.15) is 12.4 Å². The highest BCUT2D eigenvalue weighted by Gasteiger charge is 1.99. The van der Waals surface area contributed by atoms with E-state index in [0.717, 1.165) is 24.2 Å². The molecule has 4 nitrogen and oxygen atoms in total. The number of hydrazone groups is 1. The summed E-state index contributed by atoms with van der Waals surface area (Å²) in [5.41, 5.74) is 3.51. The fourth-order valence-electron chi connectivity index (χ4n) is 2.64. The van der Waals surface area contributed by atoms with Crippen molar-refractivity contribution in [2.75, 3.05) is 6.61 Å². The highest BCUT2D eigenvalue weighted by molar-refractivity contribution is 5.82. The molecule has 144 valence electrons. The molecule has 1 rings (SSSR count). The number of nitrogens with one attached hydrogen (secondary N) is 1. The van der Waals surface area contributed by atoms with Crippen molar-refractivity contribution in [2.45, 2.75) is 71.1 Å². The first kappa shape index (κ1) is 21.9. The normalized spacial score (nSPS) is 10.8. The number of carbonyl (C=O) groups is 1. The molecule has 26 heavy (non-hydrogen) atoms. The van der Waals surface area contributed by atoms with Gasteiger partial charge < -0.3 is 4.74 Å². The topological polar surface area (TPSA) is 50.7 Å². The molecule has 0 atom stereocenters. The third kappa shape index (κ3) is 11.5. The molecule has 0 saturated heterocycles. The van der Waals surface area contributed by atoms with Crippen LogP contribution in [0.1, 0.15) is 76.7 Å². The molecule has 4 heteroatoms. The second kappa shape index (κ2) is 15.2. The van der Waals surface area contributed by atoms with Crippen molar-refractivity contribution in [2.24, 2.45) is 5.10 Å². The second-order valence-corrected chi connectivity index (χ2v) is 6.54. The fourth-order valence-corrected chi connectivity index (χ4v) is 2.64. The van der Waals surface area contributed by atoms with Crippen LogP contribution in [-0.4, -0.2) is 18.7 Å². The van der Waals surface area contributed by atoms with Crippen LogP contribution in [0.15, 0.2) is 42.0 Å². The smallest absolute Gasteiger partial charge is 0.240 e. The van der Waals surface area contributed by atoms with Crippen LogP contribution < -0.4 is 10.2 Å². The van der Waals surface area contributed by atoms with E-state index >= 15 is 0 Å². The minimum absolute atomic E-state index is 0.0184. The van der Waals surface area contributed by atoms with Crippen LogP contribution in [0.3, 0.4) is 0 Å². The zero-order chi connectivity index (χ0) is 18.9. The van der Waals surface area contributed by atoms with Gasteiger partial charge in [-0.2, -0.15) is 5.10 Å². The minimum atomic E-state index is -0.0184. The zero-order valence-electron chi connectivity index (χ0n) is 16.2. The predicted octanol–water partition coefficient (Wildman–Crippen LogP) is 5.62. The molecule has 1 aromatic carbocycles. The van der Waals surface area contributed by atoms with Crippen LogP contribution in [0, 0.1) is 0 Å². The number of rotatable bonds is 15. The van der Waals surface area contributed by atoms with Gasteiger partial charge in [0.05, 0.1) is 6.21 Å². The minimum Gasteiger partial charge on any atom is -0.490 e. The van der Waals surface area contributed by atoms with Gasteiger partial charge in [0, 0.05) is 6.42 Å². The summed E-state index contributed by atoms with van der Waals surface area (Å²) in [6.45, 7) is 6.34. The summed E-state index contributed by atoms with van der Waals surface area (Å²) in [5, 5.41) is 4.01. The van der Waals surface area contributed by atoms with Gasteiger partial charge in [0.2, 0.25) is 5.91 Å². The van der Waals surface area contributed by atoms with Crippen LogP contribution in [0.4, 0.5) is 0 Å². The Balaban J connectivity index is 2.06. The second-order valence-electron chi connectivity index (χ2n) is 6.54. The molecule has 0 fully saturated rings. The lowest BCUT2D eigenvalue weighted by molar-refractivity contribution is -0.121. The molecule has 0 aliphatic heterocycles. The molecule has 1 aromatic rings. The number of ether oxygens (including phenoxy) is 1. The number of amides is 1. The van der Waals surface area contributed by atoms with Crippen LogP contribution in [0.2, 0.25) is 0 Å². The molecule has 0 aliphatic rings. The van der Waals surface area contributed by atoms with Crippen LogP contribution in [0.25, 0.3) is 0 Å². The van der Waals surface area contributed by atoms with Crippen LogP contribution in [-0.2, 0) is 4.79 Å². The number of unbranched alkanes of at least 4 members (excludes halogenated alkanes) is 8. The summed E-state index contributed by atoms with van der Waals surface area (Å²) in [6, 6.07) is 7.53. The van der Waals surface area contributed by atoms with E-state index in [-0.39, 0.29) is 5.91 Å². The van der Waals surface area contributed by atoms with Crippen molar-refractivity contribution >= 4 is 12.1 Å². The molecule has 0 heterocycles. The van der Waals surface area contributed by atoms with Crippen molar-refractivity contribution in [1.82, 2.24) is 5.43 Å². The van der Waals surface area contributed by atoms with Gasteiger partial charge in [-0.3, -0.25) is 4.79 Å². The third-order valence-corrected chi connectivity index (χ3v) is 4.16. The Morgan fingerprint density at radius 2 is 1.65 bits per heavy atom. The average molecular weight is 359 g/mol. The number of nitrogens with zero attached hydrogens (tertiary/aromatic N) is 1. The molecule has 0 radical (unpaired) electrons. The molecule has 0 unspecified atom stereocenters. The van der Waals surface area contributed by atoms with E-state index in [0.29, 0.717) is 13.0 Å². The molecule has 0 aliphatic carbocycles. The maximum Gasteiger partial charge on any atom is 0.240 e. The van der Waals surface area contributed by atoms with Crippen molar-refractivity contribution in [3.8, 4) is 5.75 Å². The van der Waals surface area contributed by atoms with Gasteiger partial charge in [-0.05, 0) is 36.2 Å². The fraction of sp³-hybridized carbons (Fsp3) is 0.545. The lowest BCUT2D eigenvalue weighted by Gasteiger charge is -2.03. The first-order valence-electron chi connectivity index (χ1n) is 9.92. The number of carbonyl (C=O) groups excluding carboxylic acids is 1. The Hall–Kier alpha value is -2.10. The van der Waals surface area contributed by atoms with Crippen molar-refractivity contribution in [3.05, 3.63) is 42.5 Å². The monoisotopic (exact) mass is 358 g/mol. The lowest BCUT2D eigenvalue weighted by atomic mass is 10.1. The standard InChI is InChI=1S/C22H34N2O2/c1-3-5-6-7-8-9-10-11-12-13-22(25)24-23-19-20-14-16-21(17-15-20)26-18-4-2/h4,14-17,19H,2-3,5-13,18H2,1H3,(H,24,25)/b23-19+. The SMILES string of the molecule is C=CCOc1ccc(/C=N/NC(=O)CCCCCCCCCCC)cc1. The lowest BCUT2D eigenvalue weighted by Crippen LogP contribution is -2.16. The van der Waals surface area contributed by atoms with Gasteiger partial charge in [0.15, 0.2) is 0 Å². The number of hydrogen-bond donors (Lipinski definition) is 1. The van der Waals surface area contributed by atoms with Crippen molar-refractivity contribution in [3.63, 3.8) is 0 Å². The molecular weight excluding hydrogens is 324 g/mol. The van der Waals surface area contributed by atoms with Gasteiger partial charge in [0.25, 0.3) is 0 Å². The molecule has 0 spiro atoms. The van der Waals surface area contributed by atoms with Gasteiger partial charge in [-0.15, -0.1) is 0 Å². The Morgan fingerprint density at radius 3 is 2.27 bits per heavy atom. The van der Waals surface area contributed by atoms with Crippen molar-refractivity contribution < 1.29 is 9.53 Å². The molecule has 0 bridgehead atoms. The number of hydrogen-bond acceptors (Lipinski definition) is 3. The maximum absolute atomic E-state index is 11.8. The van der Waals surface area contributed by atoms with E-state index in [1.807, 2.05) is 24.3 Å². The van der Waals surface area contributed by atoms with E-state index < -0.39 is 0 Å². The summed E-state index contributed by atoms with van der Waals surface area (Å²) < 4.78 is 5.42. The molecule has 0 aromatic heterocycles. The average Bonchev–Trinajstić information content (AvgIpc) is 2.66. The van der Waals surface area contributed by atoms with Crippen LogP contribution in [0.5, 0.6) is 5.75 Å². The first-order valence-corrected chi connectivity index (χ1v) is 9.92. The molecule has 1 amide bonds. The highest BCUT2D eigenvalue weighted by Crippen LogP contribution is 2.11. The Labute approximate surface area is 158 Å². The molecule has 1 N–H and O–H groups in total. The summed E-state index contributed by atoms with van der Waals surface area (Å²) in [5.74, 6) is 0.770. The summed E-state index contributed by atoms with van der Waals surface area (Å²) in [7, 11) is 0. The zero-order valence-corrected chi connectivity index (χ0v) is 16.2. The van der Waals surface area contributed by atoms with E-state index in [1.54, 1.807) is 12.3 Å². The Morgan fingerprint density at radius 1 is 1.04 bits per heavy atom. The van der Waals surface area contributed by atoms with E-state index in [1.165, 1.54) is 44.9 Å². The van der Waals surface area contributed by atoms with Gasteiger partial charge in [-0.25, -0.2) is 5.43 Å². The highest BCUT2D eigenvalue weighted by atomic mass is 16.5. The van der Waals surface area contributed by atoms with E-state index in [9.17, 15) is 4.79 Å². The largest absolute Gasteiger partial charge is 0.490 e.